The maximum atomic E-state index is 12.1. The predicted molar refractivity (Wildman–Crippen MR) is 93.8 cm³/mol. The first-order valence-electron chi connectivity index (χ1n) is 7.45. The normalized spacial score (nSPS) is 18.9. The zero-order chi connectivity index (χ0) is 18.0. The van der Waals surface area contributed by atoms with Crippen LogP contribution in [0.15, 0.2) is 30.5 Å². The number of halogens is 2. The topological polar surface area (TPSA) is 90.3 Å². The first-order valence-corrected chi connectivity index (χ1v) is 10.0. The Morgan fingerprint density at radius 3 is 2.88 bits per heavy atom. The molecule has 1 saturated heterocycles. The molecule has 1 aliphatic heterocycles. The van der Waals surface area contributed by atoms with E-state index in [1.54, 1.807) is 24.4 Å². The summed E-state index contributed by atoms with van der Waals surface area (Å²) in [6.07, 6.45) is 2.00. The number of amides is 1. The second-order valence-electron chi connectivity index (χ2n) is 5.64. The van der Waals surface area contributed by atoms with E-state index in [0.29, 0.717) is 22.2 Å². The minimum atomic E-state index is -3.05. The average molecular weight is 404 g/mol. The number of carbonyl (C=O) groups is 1. The highest BCUT2D eigenvalue weighted by Gasteiger charge is 2.29. The molecule has 0 bridgehead atoms. The van der Waals surface area contributed by atoms with Gasteiger partial charge in [-0.25, -0.2) is 13.1 Å². The van der Waals surface area contributed by atoms with Gasteiger partial charge in [0, 0.05) is 12.2 Å². The third kappa shape index (κ3) is 4.45. The van der Waals surface area contributed by atoms with Crippen LogP contribution >= 0.6 is 23.2 Å². The lowest BCUT2D eigenvalue weighted by molar-refractivity contribution is 0.0934. The average Bonchev–Trinajstić information content (AvgIpc) is 3.15. The van der Waals surface area contributed by atoms with Crippen LogP contribution in [-0.2, 0) is 16.6 Å². The fourth-order valence-electron chi connectivity index (χ4n) is 2.45. The van der Waals surface area contributed by atoms with Crippen LogP contribution in [0.2, 0.25) is 10.0 Å². The molecule has 1 N–H and O–H groups in total. The summed E-state index contributed by atoms with van der Waals surface area (Å²) in [5, 5.41) is 7.47. The van der Waals surface area contributed by atoms with E-state index in [2.05, 4.69) is 10.4 Å². The van der Waals surface area contributed by atoms with E-state index in [-0.39, 0.29) is 30.0 Å². The molecule has 1 unspecified atom stereocenters. The number of carbonyl (C=O) groups excluding carboxylic acids is 1. The number of aromatic nitrogens is 2. The molecule has 1 fully saturated rings. The summed E-state index contributed by atoms with van der Waals surface area (Å²) >= 11 is 11.9. The number of hydrogen-bond donors (Lipinski definition) is 1. The van der Waals surface area contributed by atoms with Crippen LogP contribution in [0.1, 0.15) is 16.9 Å². The van der Waals surface area contributed by atoms with Crippen LogP contribution in [0.3, 0.4) is 0 Å². The summed E-state index contributed by atoms with van der Waals surface area (Å²) in [7, 11) is -3.05. The van der Waals surface area contributed by atoms with E-state index in [1.807, 2.05) is 0 Å². The molecule has 0 saturated carbocycles. The lowest BCUT2D eigenvalue weighted by atomic mass is 10.2. The maximum Gasteiger partial charge on any atom is 0.272 e. The van der Waals surface area contributed by atoms with Crippen molar-refractivity contribution in [2.24, 2.45) is 0 Å². The van der Waals surface area contributed by atoms with Gasteiger partial charge in [0.2, 0.25) is 0 Å². The molecule has 3 rings (SSSR count). The van der Waals surface area contributed by atoms with E-state index in [4.69, 9.17) is 27.9 Å². The highest BCUT2D eigenvalue weighted by Crippen LogP contribution is 2.31. The van der Waals surface area contributed by atoms with Gasteiger partial charge in [-0.3, -0.25) is 4.79 Å². The lowest BCUT2D eigenvalue weighted by Gasteiger charge is -2.09. The van der Waals surface area contributed by atoms with Gasteiger partial charge < -0.3 is 10.1 Å². The van der Waals surface area contributed by atoms with Gasteiger partial charge in [0.05, 0.1) is 16.5 Å². The molecule has 1 aliphatic rings. The van der Waals surface area contributed by atoms with E-state index < -0.39 is 15.7 Å². The summed E-state index contributed by atoms with van der Waals surface area (Å²) in [4.78, 5) is 12.1. The number of nitrogens with one attached hydrogen (secondary N) is 1. The van der Waals surface area contributed by atoms with Crippen LogP contribution in [0.25, 0.3) is 0 Å². The third-order valence-electron chi connectivity index (χ3n) is 3.71. The van der Waals surface area contributed by atoms with Gasteiger partial charge in [0.25, 0.3) is 5.91 Å². The Labute approximate surface area is 154 Å². The van der Waals surface area contributed by atoms with Crippen molar-refractivity contribution in [1.82, 2.24) is 15.1 Å². The van der Waals surface area contributed by atoms with E-state index in [9.17, 15) is 13.2 Å². The largest absolute Gasteiger partial charge is 0.470 e. The van der Waals surface area contributed by atoms with Crippen molar-refractivity contribution >= 4 is 38.9 Å². The van der Waals surface area contributed by atoms with Crippen molar-refractivity contribution in [2.75, 3.05) is 11.5 Å². The molecule has 134 valence electrons. The summed E-state index contributed by atoms with van der Waals surface area (Å²) in [6, 6.07) is 6.19. The van der Waals surface area contributed by atoms with Crippen molar-refractivity contribution in [3.05, 3.63) is 46.2 Å². The number of rotatable bonds is 5. The standard InChI is InChI=1S/C15H15Cl2N3O4S/c16-11-2-1-3-13(14(11)17)24-9-20-6-4-12(19-20)15(21)18-10-5-7-25(22,23)8-10/h1-4,6,10H,5,7-9H2,(H,18,21). The van der Waals surface area contributed by atoms with E-state index >= 15 is 0 Å². The van der Waals surface area contributed by atoms with Crippen LogP contribution in [-0.4, -0.2) is 41.7 Å². The molecule has 25 heavy (non-hydrogen) atoms. The van der Waals surface area contributed by atoms with Gasteiger partial charge >= 0.3 is 0 Å². The molecular formula is C15H15Cl2N3O4S. The summed E-state index contributed by atoms with van der Waals surface area (Å²) in [5.74, 6) is 0.0599. The second kappa shape index (κ2) is 7.23. The quantitative estimate of drug-likeness (QED) is 0.825. The maximum absolute atomic E-state index is 12.1. The number of sulfone groups is 1. The Kier molecular flexibility index (Phi) is 5.21. The Bertz CT molecular complexity index is 898. The van der Waals surface area contributed by atoms with Crippen LogP contribution < -0.4 is 10.1 Å². The van der Waals surface area contributed by atoms with Crippen molar-refractivity contribution in [2.45, 2.75) is 19.2 Å². The highest BCUT2D eigenvalue weighted by atomic mass is 35.5. The molecule has 2 aromatic rings. The number of nitrogens with zero attached hydrogens (tertiary/aromatic N) is 2. The van der Waals surface area contributed by atoms with Crippen LogP contribution in [0.4, 0.5) is 0 Å². The molecule has 1 aromatic heterocycles. The van der Waals surface area contributed by atoms with Crippen molar-refractivity contribution in [3.8, 4) is 5.75 Å². The van der Waals surface area contributed by atoms with Gasteiger partial charge in [0.1, 0.15) is 16.5 Å². The Balaban J connectivity index is 1.58. The Morgan fingerprint density at radius 2 is 2.16 bits per heavy atom. The molecule has 0 aliphatic carbocycles. The molecule has 10 heteroatoms. The number of ether oxygens (including phenoxy) is 1. The summed E-state index contributed by atoms with van der Waals surface area (Å²) < 4.78 is 29.8. The van der Waals surface area contributed by atoms with Gasteiger partial charge in [-0.05, 0) is 24.6 Å². The molecular weight excluding hydrogens is 389 g/mol. The predicted octanol–water partition coefficient (Wildman–Crippen LogP) is 2.14. The molecule has 1 amide bonds. The third-order valence-corrected chi connectivity index (χ3v) is 6.28. The summed E-state index contributed by atoms with van der Waals surface area (Å²) in [6.45, 7) is 0.0468. The molecule has 0 radical (unpaired) electrons. The van der Waals surface area contributed by atoms with Crippen LogP contribution in [0.5, 0.6) is 5.75 Å². The first-order chi connectivity index (χ1) is 11.8. The smallest absolute Gasteiger partial charge is 0.272 e. The zero-order valence-electron chi connectivity index (χ0n) is 13.0. The van der Waals surface area contributed by atoms with Crippen molar-refractivity contribution in [1.29, 1.82) is 0 Å². The van der Waals surface area contributed by atoms with Gasteiger partial charge in [-0.1, -0.05) is 29.3 Å². The summed E-state index contributed by atoms with van der Waals surface area (Å²) in [5.41, 5.74) is 0.185. The van der Waals surface area contributed by atoms with Gasteiger partial charge in [0.15, 0.2) is 16.6 Å². The molecule has 1 aromatic carbocycles. The number of hydrogen-bond acceptors (Lipinski definition) is 5. The molecule has 1 atom stereocenters. The molecule has 7 nitrogen and oxygen atoms in total. The fourth-order valence-corrected chi connectivity index (χ4v) is 4.47. The minimum Gasteiger partial charge on any atom is -0.470 e. The Morgan fingerprint density at radius 1 is 1.36 bits per heavy atom. The van der Waals surface area contributed by atoms with Crippen molar-refractivity contribution < 1.29 is 17.9 Å². The second-order valence-corrected chi connectivity index (χ2v) is 8.65. The van der Waals surface area contributed by atoms with Gasteiger partial charge in [-0.2, -0.15) is 5.10 Å². The minimum absolute atomic E-state index is 0.0319. The first kappa shape index (κ1) is 18.0. The Hall–Kier alpha value is -1.77. The molecule has 2 heterocycles. The molecule has 0 spiro atoms. The highest BCUT2D eigenvalue weighted by molar-refractivity contribution is 7.91. The monoisotopic (exact) mass is 403 g/mol. The fraction of sp³-hybridized carbons (Fsp3) is 0.333. The van der Waals surface area contributed by atoms with Crippen molar-refractivity contribution in [3.63, 3.8) is 0 Å². The van der Waals surface area contributed by atoms with Gasteiger partial charge in [-0.15, -0.1) is 0 Å². The zero-order valence-corrected chi connectivity index (χ0v) is 15.3. The van der Waals surface area contributed by atoms with Crippen LogP contribution in [0, 0.1) is 0 Å². The number of benzene rings is 1. The lowest BCUT2D eigenvalue weighted by Crippen LogP contribution is -2.35. The SMILES string of the molecule is O=C(NC1CCS(=O)(=O)C1)c1ccn(COc2cccc(Cl)c2Cl)n1. The van der Waals surface area contributed by atoms with E-state index in [0.717, 1.165) is 0 Å². The van der Waals surface area contributed by atoms with E-state index in [1.165, 1.54) is 10.7 Å².